The Morgan fingerprint density at radius 3 is 2.44 bits per heavy atom. The Balaban J connectivity index is 1.56. The number of imide groups is 1. The number of thioether (sulfide) groups is 1. The van der Waals surface area contributed by atoms with Crippen molar-refractivity contribution in [2.75, 3.05) is 4.72 Å². The lowest BCUT2D eigenvalue weighted by Crippen LogP contribution is -2.17. The molecule has 0 unspecified atom stereocenters. The van der Waals surface area contributed by atoms with Crippen molar-refractivity contribution >= 4 is 65.7 Å². The Kier molecular flexibility index (Phi) is 4.46. The number of anilines is 1. The maximum Gasteiger partial charge on any atom is 0.290 e. The van der Waals surface area contributed by atoms with E-state index in [0.29, 0.717) is 10.7 Å². The monoisotopic (exact) mass is 417 g/mol. The molecule has 0 spiro atoms. The van der Waals surface area contributed by atoms with Crippen LogP contribution in [-0.4, -0.2) is 24.5 Å². The molecule has 0 bridgehead atoms. The van der Waals surface area contributed by atoms with Crippen LogP contribution in [0.15, 0.2) is 58.3 Å². The molecule has 0 atom stereocenters. The van der Waals surface area contributed by atoms with Gasteiger partial charge < -0.3 is 0 Å². The van der Waals surface area contributed by atoms with Gasteiger partial charge >= 0.3 is 0 Å². The Hall–Kier alpha value is -2.69. The summed E-state index contributed by atoms with van der Waals surface area (Å²) in [6.45, 7) is 0. The SMILES string of the molecule is O=C1NC(=O)/C(=C/c2ccc(S(=O)(=O)Nc3nc4ccccc4s3)cc2)S1. The second-order valence-corrected chi connectivity index (χ2v) is 9.24. The van der Waals surface area contributed by atoms with Gasteiger partial charge in [-0.25, -0.2) is 13.4 Å². The fourth-order valence-corrected chi connectivity index (χ4v) is 5.19. The van der Waals surface area contributed by atoms with Crippen LogP contribution >= 0.6 is 23.1 Å². The molecule has 1 aromatic heterocycles. The van der Waals surface area contributed by atoms with Gasteiger partial charge in [-0.05, 0) is 47.7 Å². The van der Waals surface area contributed by atoms with Crippen molar-refractivity contribution in [1.29, 1.82) is 0 Å². The summed E-state index contributed by atoms with van der Waals surface area (Å²) in [6.07, 6.45) is 1.53. The number of sulfonamides is 1. The number of carbonyl (C=O) groups excluding carboxylic acids is 2. The van der Waals surface area contributed by atoms with E-state index in [1.54, 1.807) is 12.1 Å². The van der Waals surface area contributed by atoms with Crippen molar-refractivity contribution in [3.63, 3.8) is 0 Å². The van der Waals surface area contributed by atoms with E-state index < -0.39 is 21.2 Å². The summed E-state index contributed by atoms with van der Waals surface area (Å²) >= 11 is 2.06. The number of nitrogens with one attached hydrogen (secondary N) is 2. The fourth-order valence-electron chi connectivity index (χ4n) is 2.41. The van der Waals surface area contributed by atoms with Crippen molar-refractivity contribution in [1.82, 2.24) is 10.3 Å². The summed E-state index contributed by atoms with van der Waals surface area (Å²) in [5.41, 5.74) is 1.34. The maximum absolute atomic E-state index is 12.6. The molecular weight excluding hydrogens is 406 g/mol. The van der Waals surface area contributed by atoms with E-state index in [1.807, 2.05) is 24.3 Å². The van der Waals surface area contributed by atoms with E-state index in [0.717, 1.165) is 22.0 Å². The van der Waals surface area contributed by atoms with Gasteiger partial charge in [-0.15, -0.1) is 0 Å². The minimum absolute atomic E-state index is 0.0727. The summed E-state index contributed by atoms with van der Waals surface area (Å²) in [7, 11) is -3.79. The van der Waals surface area contributed by atoms with Gasteiger partial charge in [0, 0.05) is 0 Å². The van der Waals surface area contributed by atoms with Crippen molar-refractivity contribution in [3.05, 3.63) is 59.0 Å². The third-order valence-corrected chi connectivity index (χ3v) is 6.89. The number of carbonyl (C=O) groups is 2. The average molecular weight is 417 g/mol. The number of fused-ring (bicyclic) bond motifs is 1. The van der Waals surface area contributed by atoms with Crippen LogP contribution < -0.4 is 10.0 Å². The molecule has 2 amide bonds. The van der Waals surface area contributed by atoms with Crippen LogP contribution in [0.2, 0.25) is 0 Å². The smallest absolute Gasteiger partial charge is 0.282 e. The lowest BCUT2D eigenvalue weighted by atomic mass is 10.2. The number of benzene rings is 2. The zero-order chi connectivity index (χ0) is 19.0. The Labute approximate surface area is 162 Å². The van der Waals surface area contributed by atoms with E-state index in [2.05, 4.69) is 15.0 Å². The highest BCUT2D eigenvalue weighted by molar-refractivity contribution is 8.18. The quantitative estimate of drug-likeness (QED) is 0.630. The lowest BCUT2D eigenvalue weighted by Gasteiger charge is -2.05. The number of hydrogen-bond acceptors (Lipinski definition) is 7. The Morgan fingerprint density at radius 1 is 1.04 bits per heavy atom. The highest BCUT2D eigenvalue weighted by Gasteiger charge is 2.25. The van der Waals surface area contributed by atoms with Crippen LogP contribution in [0.1, 0.15) is 5.56 Å². The fraction of sp³-hybridized carbons (Fsp3) is 0. The van der Waals surface area contributed by atoms with Gasteiger partial charge in [0.15, 0.2) is 5.13 Å². The van der Waals surface area contributed by atoms with Crippen LogP contribution in [0.25, 0.3) is 16.3 Å². The zero-order valence-corrected chi connectivity index (χ0v) is 16.0. The lowest BCUT2D eigenvalue weighted by molar-refractivity contribution is -0.115. The molecule has 136 valence electrons. The van der Waals surface area contributed by atoms with Crippen LogP contribution in [0.3, 0.4) is 0 Å². The van der Waals surface area contributed by atoms with Gasteiger partial charge in [0.1, 0.15) is 0 Å². The molecule has 1 aliphatic heterocycles. The first-order valence-corrected chi connectivity index (χ1v) is 10.8. The van der Waals surface area contributed by atoms with Crippen molar-refractivity contribution in [3.8, 4) is 0 Å². The molecule has 0 radical (unpaired) electrons. The second kappa shape index (κ2) is 6.80. The van der Waals surface area contributed by atoms with Crippen LogP contribution in [0.4, 0.5) is 9.93 Å². The standard InChI is InChI=1S/C17H11N3O4S3/c21-15-14(26-17(22)19-15)9-10-5-7-11(8-6-10)27(23,24)20-16-18-12-3-1-2-4-13(12)25-16/h1-9H,(H,18,20)(H,19,21,22)/b14-9-. The number of amides is 2. The summed E-state index contributed by atoms with van der Waals surface area (Å²) in [6, 6.07) is 13.4. The number of para-hydroxylation sites is 1. The summed E-state index contributed by atoms with van der Waals surface area (Å²) in [4.78, 5) is 27.3. The highest BCUT2D eigenvalue weighted by atomic mass is 32.2. The highest BCUT2D eigenvalue weighted by Crippen LogP contribution is 2.28. The molecule has 1 saturated heterocycles. The number of rotatable bonds is 4. The molecule has 2 heterocycles. The zero-order valence-electron chi connectivity index (χ0n) is 13.5. The molecule has 2 aromatic carbocycles. The second-order valence-electron chi connectivity index (χ2n) is 5.51. The third-order valence-electron chi connectivity index (χ3n) is 3.65. The summed E-state index contributed by atoms with van der Waals surface area (Å²) in [5.74, 6) is -0.459. The molecule has 3 aromatic rings. The van der Waals surface area contributed by atoms with Crippen LogP contribution in [0.5, 0.6) is 0 Å². The van der Waals surface area contributed by atoms with E-state index >= 15 is 0 Å². The largest absolute Gasteiger partial charge is 0.290 e. The van der Waals surface area contributed by atoms with E-state index in [9.17, 15) is 18.0 Å². The van der Waals surface area contributed by atoms with Gasteiger partial charge in [-0.2, -0.15) is 0 Å². The third kappa shape index (κ3) is 3.72. The first-order valence-electron chi connectivity index (χ1n) is 7.64. The molecule has 7 nitrogen and oxygen atoms in total. The Morgan fingerprint density at radius 2 is 1.78 bits per heavy atom. The van der Waals surface area contributed by atoms with E-state index in [4.69, 9.17) is 0 Å². The maximum atomic E-state index is 12.6. The first-order chi connectivity index (χ1) is 12.9. The van der Waals surface area contributed by atoms with Gasteiger partial charge in [-0.3, -0.25) is 19.6 Å². The predicted molar refractivity (Wildman–Crippen MR) is 106 cm³/mol. The number of aromatic nitrogens is 1. The minimum atomic E-state index is -3.79. The first kappa shape index (κ1) is 17.7. The molecular formula is C17H11N3O4S3. The van der Waals surface area contributed by atoms with Gasteiger partial charge in [-0.1, -0.05) is 35.6 Å². The van der Waals surface area contributed by atoms with Gasteiger partial charge in [0.25, 0.3) is 21.2 Å². The van der Waals surface area contributed by atoms with Crippen molar-refractivity contribution in [2.24, 2.45) is 0 Å². The predicted octanol–water partition coefficient (Wildman–Crippen LogP) is 3.42. The molecule has 0 aliphatic carbocycles. The topological polar surface area (TPSA) is 105 Å². The Bertz CT molecular complexity index is 1160. The van der Waals surface area contributed by atoms with Gasteiger partial charge in [0.05, 0.1) is 20.0 Å². The molecule has 10 heteroatoms. The normalized spacial score (nSPS) is 16.1. The summed E-state index contributed by atoms with van der Waals surface area (Å²) < 4.78 is 28.5. The number of nitrogens with zero attached hydrogens (tertiary/aromatic N) is 1. The van der Waals surface area contributed by atoms with Crippen molar-refractivity contribution in [2.45, 2.75) is 4.90 Å². The minimum Gasteiger partial charge on any atom is -0.282 e. The molecule has 4 rings (SSSR count). The molecule has 1 fully saturated rings. The van der Waals surface area contributed by atoms with Crippen molar-refractivity contribution < 1.29 is 18.0 Å². The number of thiazole rings is 1. The molecule has 2 N–H and O–H groups in total. The van der Waals surface area contributed by atoms with Crippen LogP contribution in [-0.2, 0) is 14.8 Å². The number of hydrogen-bond donors (Lipinski definition) is 2. The summed E-state index contributed by atoms with van der Waals surface area (Å²) in [5, 5.41) is 2.03. The van der Waals surface area contributed by atoms with Gasteiger partial charge in [0.2, 0.25) is 0 Å². The molecule has 27 heavy (non-hydrogen) atoms. The van der Waals surface area contributed by atoms with E-state index in [-0.39, 0.29) is 9.80 Å². The molecule has 0 saturated carbocycles. The van der Waals surface area contributed by atoms with Crippen LogP contribution in [0, 0.1) is 0 Å². The average Bonchev–Trinajstić information content (AvgIpc) is 3.16. The van der Waals surface area contributed by atoms with E-state index in [1.165, 1.54) is 29.5 Å². The molecule has 1 aliphatic rings.